The van der Waals surface area contributed by atoms with Crippen molar-refractivity contribution in [1.29, 1.82) is 0 Å². The normalized spacial score (nSPS) is 35.5. The first kappa shape index (κ1) is 11.7. The largest absolute Gasteiger partial charge is 0.469 e. The molecule has 4 nitrogen and oxygen atoms in total. The van der Waals surface area contributed by atoms with E-state index in [1.165, 1.54) is 0 Å². The molecular weight excluding hydrogens is 222 g/mol. The Morgan fingerprint density at radius 3 is 2.44 bits per heavy atom. The molecule has 16 heavy (non-hydrogen) atoms. The van der Waals surface area contributed by atoms with Gasteiger partial charge in [0.1, 0.15) is 11.0 Å². The average Bonchev–Trinajstić information content (AvgIpc) is 2.61. The summed E-state index contributed by atoms with van der Waals surface area (Å²) in [7, 11) is 1.14. The molecule has 1 N–H and O–H groups in total. The second-order valence-electron chi connectivity index (χ2n) is 4.62. The predicted octanol–water partition coefficient (Wildman–Crippen LogP) is 0.726. The molecule has 0 spiro atoms. The summed E-state index contributed by atoms with van der Waals surface area (Å²) in [5.41, 5.74) is -3.01. The summed E-state index contributed by atoms with van der Waals surface area (Å²) in [5.74, 6) is -3.67. The summed E-state index contributed by atoms with van der Waals surface area (Å²) in [5, 5.41) is 10.2. The molecule has 0 bridgehead atoms. The van der Waals surface area contributed by atoms with Crippen molar-refractivity contribution in [2.75, 3.05) is 20.3 Å². The number of rotatable bonds is 2. The fraction of sp³-hybridized carbons (Fsp3) is 0.900. The fourth-order valence-electron chi connectivity index (χ4n) is 2.62. The lowest BCUT2D eigenvalue weighted by Gasteiger charge is -2.51. The molecule has 0 aromatic carbocycles. The number of halogens is 2. The lowest BCUT2D eigenvalue weighted by molar-refractivity contribution is -0.244. The predicted molar refractivity (Wildman–Crippen MR) is 49.0 cm³/mol. The summed E-state index contributed by atoms with van der Waals surface area (Å²) in [6.45, 7) is 0.193. The van der Waals surface area contributed by atoms with Gasteiger partial charge >= 0.3 is 5.97 Å². The third-order valence-corrected chi connectivity index (χ3v) is 3.59. The van der Waals surface area contributed by atoms with Gasteiger partial charge in [-0.05, 0) is 0 Å². The molecule has 1 aliphatic heterocycles. The van der Waals surface area contributed by atoms with Crippen LogP contribution in [-0.4, -0.2) is 42.9 Å². The number of aliphatic hydroxyl groups is 1. The number of carbonyl (C=O) groups excluding carboxylic acids is 1. The number of esters is 1. The summed E-state index contributed by atoms with van der Waals surface area (Å²) in [4.78, 5) is 11.6. The second kappa shape index (κ2) is 3.37. The zero-order valence-electron chi connectivity index (χ0n) is 8.96. The zero-order valence-corrected chi connectivity index (χ0v) is 8.96. The summed E-state index contributed by atoms with van der Waals surface area (Å²) in [6, 6.07) is 0. The van der Waals surface area contributed by atoms with E-state index in [-0.39, 0.29) is 19.6 Å². The molecule has 1 saturated heterocycles. The van der Waals surface area contributed by atoms with E-state index in [2.05, 4.69) is 4.74 Å². The summed E-state index contributed by atoms with van der Waals surface area (Å²) < 4.78 is 35.5. The molecular formula is C10H14F2O4. The van der Waals surface area contributed by atoms with E-state index in [0.29, 0.717) is 0 Å². The maximum Gasteiger partial charge on any atom is 0.315 e. The quantitative estimate of drug-likeness (QED) is 0.718. The Kier molecular flexibility index (Phi) is 2.47. The van der Waals surface area contributed by atoms with Crippen molar-refractivity contribution < 1.29 is 28.2 Å². The highest BCUT2D eigenvalue weighted by Gasteiger charge is 2.71. The highest BCUT2D eigenvalue weighted by molar-refractivity contribution is 5.80. The van der Waals surface area contributed by atoms with Gasteiger partial charge in [-0.25, -0.2) is 8.78 Å². The third-order valence-electron chi connectivity index (χ3n) is 3.59. The van der Waals surface area contributed by atoms with E-state index >= 15 is 0 Å². The molecule has 1 saturated carbocycles. The Bertz CT molecular complexity index is 302. The molecule has 0 radical (unpaired) electrons. The highest BCUT2D eigenvalue weighted by Crippen LogP contribution is 2.60. The number of hydrogen-bond donors (Lipinski definition) is 1. The third kappa shape index (κ3) is 1.43. The van der Waals surface area contributed by atoms with Gasteiger partial charge in [-0.3, -0.25) is 4.79 Å². The molecule has 1 heterocycles. The molecule has 1 aliphatic carbocycles. The Balaban J connectivity index is 2.26. The number of alkyl halides is 2. The van der Waals surface area contributed by atoms with Crippen LogP contribution in [0, 0.1) is 5.41 Å². The van der Waals surface area contributed by atoms with Gasteiger partial charge in [0, 0.05) is 25.9 Å². The second-order valence-corrected chi connectivity index (χ2v) is 4.62. The molecule has 0 aromatic rings. The van der Waals surface area contributed by atoms with Gasteiger partial charge in [0.05, 0.1) is 13.7 Å². The van der Waals surface area contributed by atoms with Crippen LogP contribution in [-0.2, 0) is 14.3 Å². The molecule has 2 rings (SSSR count). The minimum atomic E-state index is -2.90. The van der Waals surface area contributed by atoms with E-state index in [0.717, 1.165) is 7.11 Å². The smallest absolute Gasteiger partial charge is 0.315 e. The number of methoxy groups -OCH3 is 1. The van der Waals surface area contributed by atoms with Crippen LogP contribution in [0.4, 0.5) is 8.78 Å². The van der Waals surface area contributed by atoms with Crippen LogP contribution in [0.3, 0.4) is 0 Å². The fourth-order valence-corrected chi connectivity index (χ4v) is 2.62. The zero-order chi connectivity index (χ0) is 12.0. The minimum Gasteiger partial charge on any atom is -0.469 e. The summed E-state index contributed by atoms with van der Waals surface area (Å²) >= 11 is 0. The van der Waals surface area contributed by atoms with E-state index in [9.17, 15) is 18.7 Å². The van der Waals surface area contributed by atoms with Gasteiger partial charge in [-0.1, -0.05) is 0 Å². The van der Waals surface area contributed by atoms with Crippen LogP contribution in [0.15, 0.2) is 0 Å². The summed E-state index contributed by atoms with van der Waals surface area (Å²) in [6.07, 6.45) is -1.13. The van der Waals surface area contributed by atoms with Crippen molar-refractivity contribution >= 4 is 5.97 Å². The first-order chi connectivity index (χ1) is 7.35. The van der Waals surface area contributed by atoms with Gasteiger partial charge in [0.15, 0.2) is 0 Å². The lowest BCUT2D eigenvalue weighted by atomic mass is 9.56. The SMILES string of the molecule is COC(=O)C1(C2(O)CCOC2)CC(F)(F)C1. The maximum absolute atomic E-state index is 13.0. The van der Waals surface area contributed by atoms with Crippen LogP contribution < -0.4 is 0 Å². The Labute approximate surface area is 91.5 Å². The Morgan fingerprint density at radius 2 is 2.06 bits per heavy atom. The average molecular weight is 236 g/mol. The standard InChI is InChI=1S/C10H14F2O4/c1-15-7(13)8(4-10(11,12)5-8)9(14)2-3-16-6-9/h14H,2-6H2,1H3. The highest BCUT2D eigenvalue weighted by atomic mass is 19.3. The van der Waals surface area contributed by atoms with Gasteiger partial charge in [-0.2, -0.15) is 0 Å². The van der Waals surface area contributed by atoms with Gasteiger partial charge in [0.25, 0.3) is 5.92 Å². The van der Waals surface area contributed by atoms with Crippen molar-refractivity contribution in [3.05, 3.63) is 0 Å². The van der Waals surface area contributed by atoms with Gasteiger partial charge in [-0.15, -0.1) is 0 Å². The number of hydrogen-bond acceptors (Lipinski definition) is 4. The van der Waals surface area contributed by atoms with Crippen LogP contribution in [0.1, 0.15) is 19.3 Å². The molecule has 0 amide bonds. The minimum absolute atomic E-state index is 0.0851. The number of carbonyl (C=O) groups is 1. The van der Waals surface area contributed by atoms with Crippen LogP contribution in [0.5, 0.6) is 0 Å². The molecule has 2 fully saturated rings. The molecule has 1 unspecified atom stereocenters. The van der Waals surface area contributed by atoms with E-state index in [1.54, 1.807) is 0 Å². The van der Waals surface area contributed by atoms with E-state index in [1.807, 2.05) is 0 Å². The van der Waals surface area contributed by atoms with Crippen molar-refractivity contribution in [3.8, 4) is 0 Å². The topological polar surface area (TPSA) is 55.8 Å². The van der Waals surface area contributed by atoms with Crippen molar-refractivity contribution in [1.82, 2.24) is 0 Å². The Morgan fingerprint density at radius 1 is 1.44 bits per heavy atom. The Hall–Kier alpha value is -0.750. The molecule has 2 aliphatic rings. The van der Waals surface area contributed by atoms with E-state index < -0.39 is 35.7 Å². The molecule has 92 valence electrons. The first-order valence-electron chi connectivity index (χ1n) is 5.12. The molecule has 0 aromatic heterocycles. The van der Waals surface area contributed by atoms with Crippen LogP contribution in [0.25, 0.3) is 0 Å². The van der Waals surface area contributed by atoms with Crippen LogP contribution in [0.2, 0.25) is 0 Å². The van der Waals surface area contributed by atoms with Gasteiger partial charge in [0.2, 0.25) is 0 Å². The van der Waals surface area contributed by atoms with Crippen molar-refractivity contribution in [2.24, 2.45) is 5.41 Å². The maximum atomic E-state index is 13.0. The van der Waals surface area contributed by atoms with E-state index in [4.69, 9.17) is 4.74 Å². The first-order valence-corrected chi connectivity index (χ1v) is 5.12. The van der Waals surface area contributed by atoms with Gasteiger partial charge < -0.3 is 14.6 Å². The molecule has 1 atom stereocenters. The molecule has 6 heteroatoms. The number of ether oxygens (including phenoxy) is 2. The van der Waals surface area contributed by atoms with Crippen LogP contribution >= 0.6 is 0 Å². The monoisotopic (exact) mass is 236 g/mol. The van der Waals surface area contributed by atoms with Crippen molar-refractivity contribution in [2.45, 2.75) is 30.8 Å². The van der Waals surface area contributed by atoms with Crippen molar-refractivity contribution in [3.63, 3.8) is 0 Å². The lowest BCUT2D eigenvalue weighted by Crippen LogP contribution is -2.65.